The van der Waals surface area contributed by atoms with Gasteiger partial charge in [0.1, 0.15) is 0 Å². The molecule has 2 aromatic carbocycles. The van der Waals surface area contributed by atoms with Gasteiger partial charge in [-0.2, -0.15) is 0 Å². The third-order valence-corrected chi connectivity index (χ3v) is 5.66. The average molecular weight is 404 g/mol. The number of halogens is 2. The maximum Gasteiger partial charge on any atom is 0.251 e. The fraction of sp³-hybridized carbons (Fsp3) is 0.300. The lowest BCUT2D eigenvalue weighted by Gasteiger charge is -2.38. The largest absolute Gasteiger partial charge is 0.369 e. The molecule has 140 valence electrons. The molecule has 2 aromatic rings. The summed E-state index contributed by atoms with van der Waals surface area (Å²) in [6.45, 7) is 3.09. The zero-order chi connectivity index (χ0) is 19.0. The molecule has 0 saturated carbocycles. The first-order valence-electron chi connectivity index (χ1n) is 8.90. The Balaban J connectivity index is 1.43. The molecule has 2 fully saturated rings. The number of nitrogens with zero attached hydrogens (tertiary/aromatic N) is 3. The van der Waals surface area contributed by atoms with E-state index in [2.05, 4.69) is 9.80 Å². The molecule has 2 aliphatic heterocycles. The molecular formula is C20H19Cl2N3O2. The van der Waals surface area contributed by atoms with Crippen LogP contribution in [-0.2, 0) is 9.59 Å². The van der Waals surface area contributed by atoms with Crippen molar-refractivity contribution in [2.45, 2.75) is 12.5 Å². The third-order valence-electron chi connectivity index (χ3n) is 5.15. The first-order valence-corrected chi connectivity index (χ1v) is 9.65. The number of hydrogen-bond acceptors (Lipinski definition) is 4. The molecule has 1 atom stereocenters. The second-order valence-electron chi connectivity index (χ2n) is 6.76. The van der Waals surface area contributed by atoms with Crippen LogP contribution in [0.4, 0.5) is 11.4 Å². The van der Waals surface area contributed by atoms with Crippen LogP contribution in [0.2, 0.25) is 10.0 Å². The van der Waals surface area contributed by atoms with E-state index in [1.807, 2.05) is 24.3 Å². The van der Waals surface area contributed by atoms with Crippen LogP contribution in [0.5, 0.6) is 0 Å². The quantitative estimate of drug-likeness (QED) is 0.736. The van der Waals surface area contributed by atoms with Crippen molar-refractivity contribution >= 4 is 46.4 Å². The van der Waals surface area contributed by atoms with Gasteiger partial charge in [0.2, 0.25) is 5.91 Å². The zero-order valence-electron chi connectivity index (χ0n) is 14.6. The number of rotatable bonds is 3. The predicted molar refractivity (Wildman–Crippen MR) is 108 cm³/mol. The summed E-state index contributed by atoms with van der Waals surface area (Å²) in [5.41, 5.74) is 1.70. The summed E-state index contributed by atoms with van der Waals surface area (Å²) in [4.78, 5) is 31.0. The van der Waals surface area contributed by atoms with Crippen LogP contribution in [0.15, 0.2) is 48.5 Å². The molecule has 2 aliphatic rings. The molecule has 2 saturated heterocycles. The van der Waals surface area contributed by atoms with E-state index in [0.29, 0.717) is 10.7 Å². The predicted octanol–water partition coefficient (Wildman–Crippen LogP) is 3.45. The van der Waals surface area contributed by atoms with Gasteiger partial charge in [0, 0.05) is 41.9 Å². The maximum absolute atomic E-state index is 12.9. The molecule has 27 heavy (non-hydrogen) atoms. The van der Waals surface area contributed by atoms with E-state index in [0.717, 1.165) is 36.9 Å². The van der Waals surface area contributed by atoms with Gasteiger partial charge in [-0.15, -0.1) is 0 Å². The van der Waals surface area contributed by atoms with E-state index in [1.165, 1.54) is 4.90 Å². The van der Waals surface area contributed by atoms with Crippen LogP contribution < -0.4 is 9.80 Å². The monoisotopic (exact) mass is 403 g/mol. The van der Waals surface area contributed by atoms with Crippen LogP contribution in [0.1, 0.15) is 6.42 Å². The van der Waals surface area contributed by atoms with Gasteiger partial charge in [-0.3, -0.25) is 14.5 Å². The van der Waals surface area contributed by atoms with Gasteiger partial charge in [-0.25, -0.2) is 4.90 Å². The Kier molecular flexibility index (Phi) is 5.08. The number of benzene rings is 2. The lowest BCUT2D eigenvalue weighted by atomic mass is 10.1. The molecule has 0 N–H and O–H groups in total. The molecule has 0 bridgehead atoms. The molecular weight excluding hydrogens is 385 g/mol. The normalized spacial score (nSPS) is 21.2. The van der Waals surface area contributed by atoms with Crippen LogP contribution in [0.25, 0.3) is 0 Å². The average Bonchev–Trinajstić information content (AvgIpc) is 2.98. The number of hydrogen-bond donors (Lipinski definition) is 0. The zero-order valence-corrected chi connectivity index (χ0v) is 16.2. The van der Waals surface area contributed by atoms with E-state index < -0.39 is 0 Å². The summed E-state index contributed by atoms with van der Waals surface area (Å²) in [6.07, 6.45) is 0.225. The van der Waals surface area contributed by atoms with E-state index in [9.17, 15) is 9.59 Å². The van der Waals surface area contributed by atoms with Crippen molar-refractivity contribution in [3.8, 4) is 0 Å². The Labute approximate surface area is 168 Å². The van der Waals surface area contributed by atoms with Crippen LogP contribution in [-0.4, -0.2) is 48.9 Å². The van der Waals surface area contributed by atoms with E-state index in [1.54, 1.807) is 24.3 Å². The fourth-order valence-corrected chi connectivity index (χ4v) is 3.96. The second kappa shape index (κ2) is 7.50. The number of imide groups is 1. The van der Waals surface area contributed by atoms with Gasteiger partial charge in [0.05, 0.1) is 18.2 Å². The summed E-state index contributed by atoms with van der Waals surface area (Å²) in [5.74, 6) is -0.310. The van der Waals surface area contributed by atoms with Crippen molar-refractivity contribution in [2.24, 2.45) is 0 Å². The topological polar surface area (TPSA) is 43.9 Å². The Morgan fingerprint density at radius 2 is 1.26 bits per heavy atom. The first kappa shape index (κ1) is 18.3. The van der Waals surface area contributed by atoms with Crippen molar-refractivity contribution in [3.05, 3.63) is 58.6 Å². The van der Waals surface area contributed by atoms with Crippen LogP contribution in [0, 0.1) is 0 Å². The van der Waals surface area contributed by atoms with Crippen LogP contribution in [0.3, 0.4) is 0 Å². The molecule has 4 rings (SSSR count). The highest BCUT2D eigenvalue weighted by Gasteiger charge is 2.43. The van der Waals surface area contributed by atoms with Crippen molar-refractivity contribution in [3.63, 3.8) is 0 Å². The number of anilines is 2. The van der Waals surface area contributed by atoms with E-state index >= 15 is 0 Å². The molecule has 2 heterocycles. The molecule has 0 unspecified atom stereocenters. The molecule has 2 amide bonds. The Hall–Kier alpha value is -2.08. The smallest absolute Gasteiger partial charge is 0.251 e. The minimum atomic E-state index is -0.388. The molecule has 0 aromatic heterocycles. The van der Waals surface area contributed by atoms with Crippen molar-refractivity contribution in [2.75, 3.05) is 36.0 Å². The lowest BCUT2D eigenvalue weighted by molar-refractivity contribution is -0.123. The molecule has 5 nitrogen and oxygen atoms in total. The first-order chi connectivity index (χ1) is 13.0. The summed E-state index contributed by atoms with van der Waals surface area (Å²) in [6, 6.07) is 14.2. The van der Waals surface area contributed by atoms with Crippen molar-refractivity contribution in [1.82, 2.24) is 4.90 Å². The molecule has 0 aliphatic carbocycles. The van der Waals surface area contributed by atoms with Gasteiger partial charge in [-0.1, -0.05) is 23.2 Å². The summed E-state index contributed by atoms with van der Waals surface area (Å²) in [7, 11) is 0. The number of carbonyl (C=O) groups is 2. The van der Waals surface area contributed by atoms with E-state index in [-0.39, 0.29) is 24.3 Å². The standard InChI is InChI=1S/C20H19Cl2N3O2/c21-14-1-5-16(6-2-14)23-9-11-24(12-10-23)18-13-19(26)25(20(18)27)17-7-3-15(22)4-8-17/h1-8,18H,9-13H2/t18-/m0/s1. The highest BCUT2D eigenvalue weighted by atomic mass is 35.5. The summed E-state index contributed by atoms with van der Waals surface area (Å²) < 4.78 is 0. The van der Waals surface area contributed by atoms with Crippen LogP contribution >= 0.6 is 23.2 Å². The van der Waals surface area contributed by atoms with Gasteiger partial charge < -0.3 is 4.90 Å². The molecule has 0 radical (unpaired) electrons. The summed E-state index contributed by atoms with van der Waals surface area (Å²) >= 11 is 11.9. The Bertz CT molecular complexity index is 847. The Morgan fingerprint density at radius 1 is 0.741 bits per heavy atom. The molecule has 7 heteroatoms. The minimum Gasteiger partial charge on any atom is -0.369 e. The number of piperazine rings is 1. The van der Waals surface area contributed by atoms with Gasteiger partial charge in [0.25, 0.3) is 5.91 Å². The summed E-state index contributed by atoms with van der Waals surface area (Å²) in [5, 5.41) is 1.29. The Morgan fingerprint density at radius 3 is 1.81 bits per heavy atom. The SMILES string of the molecule is O=C1C[C@H](N2CCN(c3ccc(Cl)cc3)CC2)C(=O)N1c1ccc(Cl)cc1. The van der Waals surface area contributed by atoms with Crippen molar-refractivity contribution < 1.29 is 9.59 Å². The highest BCUT2D eigenvalue weighted by molar-refractivity contribution is 6.31. The number of amides is 2. The lowest BCUT2D eigenvalue weighted by Crippen LogP contribution is -2.52. The van der Waals surface area contributed by atoms with E-state index in [4.69, 9.17) is 23.2 Å². The van der Waals surface area contributed by atoms with Crippen molar-refractivity contribution in [1.29, 1.82) is 0 Å². The maximum atomic E-state index is 12.9. The third kappa shape index (κ3) is 3.68. The fourth-order valence-electron chi connectivity index (χ4n) is 3.71. The minimum absolute atomic E-state index is 0.151. The molecule has 0 spiro atoms. The second-order valence-corrected chi connectivity index (χ2v) is 7.64. The van der Waals surface area contributed by atoms with Gasteiger partial charge >= 0.3 is 0 Å². The van der Waals surface area contributed by atoms with Gasteiger partial charge in [0.15, 0.2) is 0 Å². The number of carbonyl (C=O) groups excluding carboxylic acids is 2. The highest BCUT2D eigenvalue weighted by Crippen LogP contribution is 2.28. The van der Waals surface area contributed by atoms with Gasteiger partial charge in [-0.05, 0) is 48.5 Å².